The quantitative estimate of drug-likeness (QED) is 0.372. The van der Waals surface area contributed by atoms with Gasteiger partial charge in [-0.15, -0.1) is 0 Å². The molecule has 0 aliphatic rings. The van der Waals surface area contributed by atoms with Crippen LogP contribution in [0.3, 0.4) is 0 Å². The van der Waals surface area contributed by atoms with Crippen LogP contribution >= 0.6 is 28.1 Å². The van der Waals surface area contributed by atoms with E-state index in [1.54, 1.807) is 35.6 Å². The van der Waals surface area contributed by atoms with Gasteiger partial charge in [0.05, 0.1) is 7.11 Å². The van der Waals surface area contributed by atoms with Crippen molar-refractivity contribution in [3.63, 3.8) is 0 Å². The summed E-state index contributed by atoms with van der Waals surface area (Å²) >= 11 is 8.57. The van der Waals surface area contributed by atoms with E-state index in [9.17, 15) is 9.59 Å². The molecule has 0 bridgehead atoms. The van der Waals surface area contributed by atoms with Crippen molar-refractivity contribution in [2.45, 2.75) is 13.0 Å². The molecular weight excluding hydrogens is 460 g/mol. The Labute approximate surface area is 180 Å². The van der Waals surface area contributed by atoms with Gasteiger partial charge < -0.3 is 9.30 Å². The summed E-state index contributed by atoms with van der Waals surface area (Å²) in [4.78, 5) is 24.3. The van der Waals surface area contributed by atoms with Gasteiger partial charge in [0.1, 0.15) is 11.4 Å². The van der Waals surface area contributed by atoms with Gasteiger partial charge in [-0.3, -0.25) is 30.1 Å². The highest BCUT2D eigenvalue weighted by atomic mass is 79.9. The maximum atomic E-state index is 12.2. The Kier molecular flexibility index (Phi) is 6.49. The number of carbonyl (C=O) groups excluding carboxylic acids is 2. The van der Waals surface area contributed by atoms with Crippen LogP contribution in [0.5, 0.6) is 5.75 Å². The van der Waals surface area contributed by atoms with Crippen molar-refractivity contribution in [3.05, 3.63) is 51.5 Å². The number of aromatic amines is 1. The summed E-state index contributed by atoms with van der Waals surface area (Å²) in [5, 5.41) is 6.99. The summed E-state index contributed by atoms with van der Waals surface area (Å²) in [6.07, 6.45) is 1.85. The maximum absolute atomic E-state index is 12.2. The average molecular weight is 479 g/mol. The molecule has 0 saturated heterocycles. The van der Waals surface area contributed by atoms with E-state index in [4.69, 9.17) is 17.0 Å². The lowest BCUT2D eigenvalue weighted by molar-refractivity contribution is -0.122. The van der Waals surface area contributed by atoms with Crippen LogP contribution in [-0.2, 0) is 18.4 Å². The first-order valence-electron chi connectivity index (χ1n) is 8.59. The topological polar surface area (TPSA) is 106 Å². The van der Waals surface area contributed by atoms with Crippen molar-refractivity contribution in [2.24, 2.45) is 7.05 Å². The molecule has 3 rings (SSSR count). The second-order valence-electron chi connectivity index (χ2n) is 6.14. The smallest absolute Gasteiger partial charge is 0.286 e. The molecule has 2 heterocycles. The zero-order chi connectivity index (χ0) is 21.0. The first kappa shape index (κ1) is 20.8. The van der Waals surface area contributed by atoms with Crippen molar-refractivity contribution in [1.82, 2.24) is 30.2 Å². The van der Waals surface area contributed by atoms with Crippen LogP contribution < -0.4 is 15.6 Å². The lowest BCUT2D eigenvalue weighted by Gasteiger charge is -2.10. The van der Waals surface area contributed by atoms with Crippen LogP contribution in [0.25, 0.3) is 11.4 Å². The molecule has 0 aliphatic carbocycles. The molecule has 3 N–H and O–H groups in total. The Bertz CT molecular complexity index is 1090. The molecule has 0 saturated carbocycles. The van der Waals surface area contributed by atoms with Gasteiger partial charge in [-0.1, -0.05) is 0 Å². The molecule has 0 atom stereocenters. The second-order valence-corrected chi connectivity index (χ2v) is 7.44. The highest BCUT2D eigenvalue weighted by Crippen LogP contribution is 2.21. The number of aryl methyl sites for hydroxylation is 1. The number of rotatable bonds is 6. The second kappa shape index (κ2) is 9.05. The Morgan fingerprint density at radius 3 is 2.62 bits per heavy atom. The van der Waals surface area contributed by atoms with E-state index in [1.165, 1.54) is 0 Å². The zero-order valence-corrected chi connectivity index (χ0v) is 18.1. The number of methoxy groups -OCH3 is 1. The number of hydrazine groups is 1. The maximum Gasteiger partial charge on any atom is 0.286 e. The van der Waals surface area contributed by atoms with Gasteiger partial charge >= 0.3 is 0 Å². The van der Waals surface area contributed by atoms with Crippen LogP contribution in [0.4, 0.5) is 0 Å². The number of hydrogen-bond acceptors (Lipinski definition) is 5. The van der Waals surface area contributed by atoms with Gasteiger partial charge in [0.2, 0.25) is 5.91 Å². The predicted octanol–water partition coefficient (Wildman–Crippen LogP) is 2.57. The van der Waals surface area contributed by atoms with Crippen molar-refractivity contribution < 1.29 is 14.3 Å². The fourth-order valence-electron chi connectivity index (χ4n) is 2.70. The van der Waals surface area contributed by atoms with Crippen LogP contribution in [0.2, 0.25) is 0 Å². The Morgan fingerprint density at radius 2 is 2.00 bits per heavy atom. The van der Waals surface area contributed by atoms with E-state index >= 15 is 0 Å². The van der Waals surface area contributed by atoms with Gasteiger partial charge in [0, 0.05) is 36.2 Å². The van der Waals surface area contributed by atoms with E-state index in [0.717, 1.165) is 15.8 Å². The molecule has 0 spiro atoms. The van der Waals surface area contributed by atoms with Crippen LogP contribution in [-0.4, -0.2) is 38.3 Å². The normalized spacial score (nSPS) is 10.6. The number of aromatic nitrogens is 4. The van der Waals surface area contributed by atoms with E-state index in [1.807, 2.05) is 24.3 Å². The number of amides is 2. The molecule has 2 aromatic heterocycles. The molecule has 0 radical (unpaired) electrons. The SMILES string of the molecule is COc1ccc(-c2n[nH]c(=S)n2CCC(=O)NNC(=O)c2cc(Br)cn2C)cc1. The molecule has 2 amide bonds. The number of carbonyl (C=O) groups is 2. The first-order chi connectivity index (χ1) is 13.9. The zero-order valence-electron chi connectivity index (χ0n) is 15.7. The Balaban J connectivity index is 1.60. The molecule has 0 unspecified atom stereocenters. The summed E-state index contributed by atoms with van der Waals surface area (Å²) in [6, 6.07) is 9.02. The average Bonchev–Trinajstić information content (AvgIpc) is 3.25. The highest BCUT2D eigenvalue weighted by molar-refractivity contribution is 9.10. The van der Waals surface area contributed by atoms with Crippen LogP contribution in [0, 0.1) is 4.77 Å². The number of halogens is 1. The predicted molar refractivity (Wildman–Crippen MR) is 113 cm³/mol. The number of ether oxygens (including phenoxy) is 1. The largest absolute Gasteiger partial charge is 0.497 e. The van der Waals surface area contributed by atoms with Gasteiger partial charge in [-0.05, 0) is 58.5 Å². The third-order valence-corrected chi connectivity index (χ3v) is 4.93. The van der Waals surface area contributed by atoms with E-state index < -0.39 is 5.91 Å². The van der Waals surface area contributed by atoms with Crippen LogP contribution in [0.15, 0.2) is 41.0 Å². The van der Waals surface area contributed by atoms with Gasteiger partial charge in [-0.2, -0.15) is 5.10 Å². The third kappa shape index (κ3) is 4.93. The lowest BCUT2D eigenvalue weighted by atomic mass is 10.2. The first-order valence-corrected chi connectivity index (χ1v) is 9.80. The van der Waals surface area contributed by atoms with E-state index in [-0.39, 0.29) is 12.3 Å². The molecule has 0 fully saturated rings. The minimum atomic E-state index is -0.412. The fraction of sp³-hybridized carbons (Fsp3) is 0.222. The fourth-order valence-corrected chi connectivity index (χ4v) is 3.45. The summed E-state index contributed by atoms with van der Waals surface area (Å²) in [5.41, 5.74) is 6.06. The van der Waals surface area contributed by atoms with Crippen molar-refractivity contribution in [2.75, 3.05) is 7.11 Å². The highest BCUT2D eigenvalue weighted by Gasteiger charge is 2.14. The molecule has 11 heteroatoms. The Morgan fingerprint density at radius 1 is 1.28 bits per heavy atom. The monoisotopic (exact) mass is 478 g/mol. The number of nitrogens with zero attached hydrogens (tertiary/aromatic N) is 3. The molecule has 29 heavy (non-hydrogen) atoms. The molecule has 152 valence electrons. The standard InChI is InChI=1S/C18H19BrN6O3S/c1-24-10-12(19)9-14(24)17(27)22-20-15(26)7-8-25-16(21-23-18(25)29)11-3-5-13(28-2)6-4-11/h3-6,9-10H,7-8H2,1-2H3,(H,20,26)(H,22,27)(H,23,29). The Hall–Kier alpha value is -2.92. The summed E-state index contributed by atoms with van der Waals surface area (Å²) < 4.78 is 9.72. The molecule has 1 aromatic carbocycles. The lowest BCUT2D eigenvalue weighted by Crippen LogP contribution is -2.42. The van der Waals surface area contributed by atoms with Gasteiger partial charge in [0.15, 0.2) is 10.6 Å². The summed E-state index contributed by atoms with van der Waals surface area (Å²) in [7, 11) is 3.34. The van der Waals surface area contributed by atoms with Crippen molar-refractivity contribution in [3.8, 4) is 17.1 Å². The molecule has 9 nitrogen and oxygen atoms in total. The summed E-state index contributed by atoms with van der Waals surface area (Å²) in [5.74, 6) is 0.582. The molecular formula is C18H19BrN6O3S. The van der Waals surface area contributed by atoms with Crippen molar-refractivity contribution >= 4 is 40.0 Å². The summed E-state index contributed by atoms with van der Waals surface area (Å²) in [6.45, 7) is 0.300. The van der Waals surface area contributed by atoms with E-state index in [0.29, 0.717) is 22.8 Å². The third-order valence-electron chi connectivity index (χ3n) is 4.19. The van der Waals surface area contributed by atoms with Crippen molar-refractivity contribution in [1.29, 1.82) is 0 Å². The minimum absolute atomic E-state index is 0.105. The number of hydrogen-bond donors (Lipinski definition) is 3. The molecule has 3 aromatic rings. The number of benzene rings is 1. The number of nitrogens with one attached hydrogen (secondary N) is 3. The van der Waals surface area contributed by atoms with Crippen LogP contribution in [0.1, 0.15) is 16.9 Å². The van der Waals surface area contributed by atoms with Gasteiger partial charge in [0.25, 0.3) is 5.91 Å². The number of H-pyrrole nitrogens is 1. The van der Waals surface area contributed by atoms with Gasteiger partial charge in [-0.25, -0.2) is 0 Å². The molecule has 0 aliphatic heterocycles. The minimum Gasteiger partial charge on any atom is -0.497 e. The van der Waals surface area contributed by atoms with E-state index in [2.05, 4.69) is 37.0 Å².